The minimum Gasteiger partial charge on any atom is -0.497 e. The lowest BCUT2D eigenvalue weighted by Gasteiger charge is -2.09. The summed E-state index contributed by atoms with van der Waals surface area (Å²) < 4.78 is 33.6. The number of ether oxygens (including phenoxy) is 1. The molecule has 0 saturated carbocycles. The largest absolute Gasteiger partial charge is 0.497 e. The first kappa shape index (κ1) is 15.4. The first-order valence-electron chi connectivity index (χ1n) is 6.74. The molecule has 0 radical (unpaired) electrons. The lowest BCUT2D eigenvalue weighted by atomic mass is 10.1. The molecule has 0 N–H and O–H groups in total. The Labute approximate surface area is 136 Å². The molecular formula is C16H12ClF2N3O. The summed E-state index contributed by atoms with van der Waals surface area (Å²) in [6.07, 6.45) is 0. The van der Waals surface area contributed by atoms with Crippen molar-refractivity contribution in [2.75, 3.05) is 7.11 Å². The van der Waals surface area contributed by atoms with Crippen molar-refractivity contribution in [1.29, 1.82) is 0 Å². The van der Waals surface area contributed by atoms with E-state index >= 15 is 0 Å². The Hall–Kier alpha value is -2.47. The normalized spacial score (nSPS) is 10.8. The van der Waals surface area contributed by atoms with Gasteiger partial charge < -0.3 is 4.74 Å². The number of alkyl halides is 1. The summed E-state index contributed by atoms with van der Waals surface area (Å²) in [5.74, 6) is -0.634. The fourth-order valence-corrected chi connectivity index (χ4v) is 2.48. The Morgan fingerprint density at radius 2 is 1.87 bits per heavy atom. The highest BCUT2D eigenvalue weighted by molar-refractivity contribution is 6.17. The zero-order chi connectivity index (χ0) is 16.4. The van der Waals surface area contributed by atoms with Crippen LogP contribution in [0.15, 0.2) is 42.5 Å². The summed E-state index contributed by atoms with van der Waals surface area (Å²) in [7, 11) is 1.55. The Kier molecular flexibility index (Phi) is 4.25. The average Bonchev–Trinajstić information content (AvgIpc) is 2.98. The molecule has 0 aliphatic carbocycles. The maximum atomic E-state index is 13.5. The van der Waals surface area contributed by atoms with Crippen LogP contribution in [0.3, 0.4) is 0 Å². The van der Waals surface area contributed by atoms with Gasteiger partial charge in [-0.15, -0.1) is 16.7 Å². The lowest BCUT2D eigenvalue weighted by Crippen LogP contribution is -2.01. The van der Waals surface area contributed by atoms with Crippen LogP contribution in [0.1, 0.15) is 5.69 Å². The smallest absolute Gasteiger partial charge is 0.128 e. The van der Waals surface area contributed by atoms with Crippen LogP contribution in [0.4, 0.5) is 8.78 Å². The molecule has 0 fully saturated rings. The second kappa shape index (κ2) is 6.34. The van der Waals surface area contributed by atoms with E-state index in [0.29, 0.717) is 17.1 Å². The second-order valence-electron chi connectivity index (χ2n) is 4.79. The van der Waals surface area contributed by atoms with Gasteiger partial charge in [0, 0.05) is 11.6 Å². The molecule has 7 heteroatoms. The molecule has 0 atom stereocenters. The van der Waals surface area contributed by atoms with Crippen molar-refractivity contribution in [3.8, 4) is 22.7 Å². The maximum absolute atomic E-state index is 13.5. The number of aromatic nitrogens is 3. The maximum Gasteiger partial charge on any atom is 0.128 e. The molecule has 3 aromatic rings. The van der Waals surface area contributed by atoms with E-state index in [1.807, 2.05) is 6.07 Å². The van der Waals surface area contributed by atoms with Gasteiger partial charge in [0.1, 0.15) is 23.1 Å². The Bertz CT molecular complexity index is 831. The first-order valence-corrected chi connectivity index (χ1v) is 7.27. The number of benzene rings is 2. The summed E-state index contributed by atoms with van der Waals surface area (Å²) in [5, 5.41) is 7.98. The monoisotopic (exact) mass is 335 g/mol. The third-order valence-electron chi connectivity index (χ3n) is 3.30. The first-order chi connectivity index (χ1) is 11.1. The molecule has 0 amide bonds. The van der Waals surface area contributed by atoms with Crippen molar-refractivity contribution < 1.29 is 13.5 Å². The summed E-state index contributed by atoms with van der Waals surface area (Å²) in [5.41, 5.74) is 2.02. The van der Waals surface area contributed by atoms with E-state index in [4.69, 9.17) is 16.3 Å². The third-order valence-corrected chi connectivity index (χ3v) is 3.55. The molecular weight excluding hydrogens is 324 g/mol. The third kappa shape index (κ3) is 3.03. The topological polar surface area (TPSA) is 39.9 Å². The quantitative estimate of drug-likeness (QED) is 0.677. The van der Waals surface area contributed by atoms with E-state index in [-0.39, 0.29) is 11.6 Å². The lowest BCUT2D eigenvalue weighted by molar-refractivity contribution is 0.415. The number of methoxy groups -OCH3 is 1. The molecule has 1 heterocycles. The van der Waals surface area contributed by atoms with Gasteiger partial charge in [0.25, 0.3) is 0 Å². The molecule has 0 unspecified atom stereocenters. The molecule has 118 valence electrons. The van der Waals surface area contributed by atoms with Crippen LogP contribution >= 0.6 is 11.6 Å². The van der Waals surface area contributed by atoms with Gasteiger partial charge in [-0.3, -0.25) is 0 Å². The van der Waals surface area contributed by atoms with Gasteiger partial charge in [-0.25, -0.2) is 13.5 Å². The van der Waals surface area contributed by atoms with Gasteiger partial charge in [0.2, 0.25) is 0 Å². The molecule has 4 nitrogen and oxygen atoms in total. The molecule has 23 heavy (non-hydrogen) atoms. The minimum atomic E-state index is -0.695. The van der Waals surface area contributed by atoms with Crippen molar-refractivity contribution in [2.45, 2.75) is 5.88 Å². The Morgan fingerprint density at radius 3 is 2.52 bits per heavy atom. The van der Waals surface area contributed by atoms with Crippen LogP contribution in [0.5, 0.6) is 5.75 Å². The predicted octanol–water partition coefficient (Wildman–Crippen LogP) is 3.96. The van der Waals surface area contributed by atoms with Crippen LogP contribution in [-0.4, -0.2) is 22.1 Å². The summed E-state index contributed by atoms with van der Waals surface area (Å²) in [6, 6.07) is 10.4. The van der Waals surface area contributed by atoms with Crippen LogP contribution in [-0.2, 0) is 5.88 Å². The van der Waals surface area contributed by atoms with Gasteiger partial charge in [-0.05, 0) is 24.3 Å². The second-order valence-corrected chi connectivity index (χ2v) is 5.06. The number of rotatable bonds is 4. The van der Waals surface area contributed by atoms with Crippen LogP contribution < -0.4 is 4.74 Å². The van der Waals surface area contributed by atoms with Crippen molar-refractivity contribution in [2.24, 2.45) is 0 Å². The highest BCUT2D eigenvalue weighted by atomic mass is 35.5. The van der Waals surface area contributed by atoms with Gasteiger partial charge >= 0.3 is 0 Å². The molecule has 0 spiro atoms. The van der Waals surface area contributed by atoms with Crippen molar-refractivity contribution in [3.05, 3.63) is 59.8 Å². The van der Waals surface area contributed by atoms with E-state index in [2.05, 4.69) is 10.3 Å². The number of hydrogen-bond donors (Lipinski definition) is 0. The molecule has 3 rings (SSSR count). The Morgan fingerprint density at radius 1 is 1.13 bits per heavy atom. The van der Waals surface area contributed by atoms with Gasteiger partial charge in [-0.1, -0.05) is 17.3 Å². The summed E-state index contributed by atoms with van der Waals surface area (Å²) in [6.45, 7) is 0. The molecule has 0 aliphatic rings. The van der Waals surface area contributed by atoms with E-state index in [0.717, 1.165) is 11.6 Å². The summed E-state index contributed by atoms with van der Waals surface area (Å²) in [4.78, 5) is 0. The zero-order valence-electron chi connectivity index (χ0n) is 12.1. The number of nitrogens with zero attached hydrogens (tertiary/aromatic N) is 3. The highest BCUT2D eigenvalue weighted by Crippen LogP contribution is 2.29. The van der Waals surface area contributed by atoms with Crippen LogP contribution in [0, 0.1) is 11.6 Å². The van der Waals surface area contributed by atoms with Crippen molar-refractivity contribution >= 4 is 11.6 Å². The van der Waals surface area contributed by atoms with Crippen molar-refractivity contribution in [3.63, 3.8) is 0 Å². The van der Waals surface area contributed by atoms with E-state index in [9.17, 15) is 8.78 Å². The molecule has 0 bridgehead atoms. The molecule has 0 saturated heterocycles. The van der Waals surface area contributed by atoms with Gasteiger partial charge in [0.15, 0.2) is 0 Å². The van der Waals surface area contributed by atoms with Gasteiger partial charge in [0.05, 0.1) is 24.4 Å². The minimum absolute atomic E-state index is 0.115. The SMILES string of the molecule is COc1cccc(-c2c(CCl)nnn2-c2cc(F)cc(F)c2)c1. The van der Waals surface area contributed by atoms with Gasteiger partial charge in [-0.2, -0.15) is 0 Å². The van der Waals surface area contributed by atoms with E-state index in [1.54, 1.807) is 25.3 Å². The highest BCUT2D eigenvalue weighted by Gasteiger charge is 2.17. The fourth-order valence-electron chi connectivity index (χ4n) is 2.30. The Balaban J connectivity index is 2.21. The standard InChI is InChI=1S/C16H12ClF2N3O/c1-23-14-4-2-3-10(5-14)16-15(9-17)20-21-22(16)13-7-11(18)6-12(19)8-13/h2-8H,9H2,1H3. The number of hydrogen-bond acceptors (Lipinski definition) is 3. The zero-order valence-corrected chi connectivity index (χ0v) is 12.9. The predicted molar refractivity (Wildman–Crippen MR) is 82.8 cm³/mol. The number of halogens is 3. The fraction of sp³-hybridized carbons (Fsp3) is 0.125. The van der Waals surface area contributed by atoms with E-state index in [1.165, 1.54) is 16.8 Å². The molecule has 2 aromatic carbocycles. The van der Waals surface area contributed by atoms with Crippen molar-refractivity contribution in [1.82, 2.24) is 15.0 Å². The summed E-state index contributed by atoms with van der Waals surface area (Å²) >= 11 is 5.92. The molecule has 0 aliphatic heterocycles. The van der Waals surface area contributed by atoms with E-state index < -0.39 is 11.6 Å². The van der Waals surface area contributed by atoms with Crippen LogP contribution in [0.25, 0.3) is 16.9 Å². The average molecular weight is 336 g/mol. The van der Waals surface area contributed by atoms with Crippen LogP contribution in [0.2, 0.25) is 0 Å². The molecule has 1 aromatic heterocycles.